The number of rotatable bonds is 7. The molecular weight excluding hydrogens is 382 g/mol. The summed E-state index contributed by atoms with van der Waals surface area (Å²) < 4.78 is 5.09. The molecule has 30 heavy (non-hydrogen) atoms. The number of amides is 2. The SMILES string of the molecule is COc1ccc(CC(=O)NC(C)C(=O)NN=Cc2c(O)ccc3ccccc23)cc1. The summed E-state index contributed by atoms with van der Waals surface area (Å²) in [5.41, 5.74) is 3.71. The number of fused-ring (bicyclic) bond motifs is 1. The van der Waals surface area contributed by atoms with Crippen molar-refractivity contribution in [1.82, 2.24) is 10.7 Å². The minimum atomic E-state index is -0.769. The number of hydrazone groups is 1. The van der Waals surface area contributed by atoms with Crippen LogP contribution in [0.3, 0.4) is 0 Å². The Morgan fingerprint density at radius 3 is 2.57 bits per heavy atom. The van der Waals surface area contributed by atoms with E-state index in [1.54, 1.807) is 50.4 Å². The molecule has 7 heteroatoms. The number of hydrogen-bond donors (Lipinski definition) is 3. The molecule has 0 fully saturated rings. The maximum absolute atomic E-state index is 12.2. The third kappa shape index (κ3) is 5.14. The van der Waals surface area contributed by atoms with Gasteiger partial charge in [0.15, 0.2) is 0 Å². The van der Waals surface area contributed by atoms with Crippen molar-refractivity contribution < 1.29 is 19.4 Å². The predicted octanol–water partition coefficient (Wildman–Crippen LogP) is 2.75. The van der Waals surface area contributed by atoms with Gasteiger partial charge in [0, 0.05) is 5.56 Å². The third-order valence-electron chi connectivity index (χ3n) is 4.61. The summed E-state index contributed by atoms with van der Waals surface area (Å²) in [7, 11) is 1.58. The Morgan fingerprint density at radius 1 is 1.10 bits per heavy atom. The minimum Gasteiger partial charge on any atom is -0.507 e. The summed E-state index contributed by atoms with van der Waals surface area (Å²) in [6.07, 6.45) is 1.54. The van der Waals surface area contributed by atoms with E-state index in [2.05, 4.69) is 15.8 Å². The van der Waals surface area contributed by atoms with Gasteiger partial charge in [-0.05, 0) is 41.5 Å². The lowest BCUT2D eigenvalue weighted by molar-refractivity contribution is -0.128. The number of benzene rings is 3. The van der Waals surface area contributed by atoms with Crippen LogP contribution in [-0.2, 0) is 16.0 Å². The molecule has 0 saturated heterocycles. The summed E-state index contributed by atoms with van der Waals surface area (Å²) >= 11 is 0. The number of phenolic OH excluding ortho intramolecular Hbond substituents is 1. The zero-order chi connectivity index (χ0) is 21.5. The van der Waals surface area contributed by atoms with E-state index in [0.717, 1.165) is 16.3 Å². The Labute approximate surface area is 174 Å². The van der Waals surface area contributed by atoms with Gasteiger partial charge in [-0.15, -0.1) is 0 Å². The van der Waals surface area contributed by atoms with Gasteiger partial charge in [0.25, 0.3) is 5.91 Å². The van der Waals surface area contributed by atoms with E-state index < -0.39 is 11.9 Å². The third-order valence-corrected chi connectivity index (χ3v) is 4.61. The zero-order valence-corrected chi connectivity index (χ0v) is 16.8. The van der Waals surface area contributed by atoms with Gasteiger partial charge in [0.2, 0.25) is 5.91 Å². The molecule has 2 amide bonds. The van der Waals surface area contributed by atoms with Crippen LogP contribution in [0.5, 0.6) is 11.5 Å². The number of nitrogens with zero attached hydrogens (tertiary/aromatic N) is 1. The van der Waals surface area contributed by atoms with Crippen LogP contribution in [0.2, 0.25) is 0 Å². The molecule has 3 rings (SSSR count). The highest BCUT2D eigenvalue weighted by molar-refractivity contribution is 6.02. The Hall–Kier alpha value is -3.87. The minimum absolute atomic E-state index is 0.0625. The van der Waals surface area contributed by atoms with E-state index >= 15 is 0 Å². The van der Waals surface area contributed by atoms with Gasteiger partial charge in [0.1, 0.15) is 17.5 Å². The highest BCUT2D eigenvalue weighted by atomic mass is 16.5. The largest absolute Gasteiger partial charge is 0.507 e. The maximum atomic E-state index is 12.2. The van der Waals surface area contributed by atoms with Gasteiger partial charge >= 0.3 is 0 Å². The molecule has 0 bridgehead atoms. The molecular formula is C23H23N3O4. The second-order valence-electron chi connectivity index (χ2n) is 6.77. The topological polar surface area (TPSA) is 100 Å². The summed E-state index contributed by atoms with van der Waals surface area (Å²) in [5, 5.41) is 18.4. The van der Waals surface area contributed by atoms with Crippen LogP contribution in [-0.4, -0.2) is 36.3 Å². The fraction of sp³-hybridized carbons (Fsp3) is 0.174. The molecule has 154 valence electrons. The Bertz CT molecular complexity index is 1080. The molecule has 0 aliphatic heterocycles. The van der Waals surface area contributed by atoms with Crippen molar-refractivity contribution in [3.8, 4) is 11.5 Å². The van der Waals surface area contributed by atoms with E-state index in [1.165, 1.54) is 6.21 Å². The molecule has 3 aromatic rings. The number of methoxy groups -OCH3 is 1. The van der Waals surface area contributed by atoms with Crippen LogP contribution in [0.15, 0.2) is 65.8 Å². The summed E-state index contributed by atoms with van der Waals surface area (Å²) in [5.74, 6) is 0.0297. The molecule has 0 aromatic heterocycles. The van der Waals surface area contributed by atoms with Crippen LogP contribution < -0.4 is 15.5 Å². The van der Waals surface area contributed by atoms with Crippen LogP contribution in [0, 0.1) is 0 Å². The van der Waals surface area contributed by atoms with E-state index in [9.17, 15) is 14.7 Å². The maximum Gasteiger partial charge on any atom is 0.262 e. The van der Waals surface area contributed by atoms with Crippen molar-refractivity contribution in [2.24, 2.45) is 5.10 Å². The van der Waals surface area contributed by atoms with Crippen molar-refractivity contribution in [2.45, 2.75) is 19.4 Å². The lowest BCUT2D eigenvalue weighted by Gasteiger charge is -2.12. The molecule has 3 N–H and O–H groups in total. The number of hydrogen-bond acceptors (Lipinski definition) is 5. The van der Waals surface area contributed by atoms with E-state index in [-0.39, 0.29) is 18.1 Å². The van der Waals surface area contributed by atoms with Gasteiger partial charge in [-0.2, -0.15) is 5.10 Å². The van der Waals surface area contributed by atoms with Crippen LogP contribution in [0.4, 0.5) is 0 Å². The predicted molar refractivity (Wildman–Crippen MR) is 116 cm³/mol. The Balaban J connectivity index is 1.56. The van der Waals surface area contributed by atoms with Crippen LogP contribution in [0.1, 0.15) is 18.1 Å². The Kier molecular flexibility index (Phi) is 6.64. The fourth-order valence-electron chi connectivity index (χ4n) is 2.96. The van der Waals surface area contributed by atoms with Gasteiger partial charge in [0.05, 0.1) is 19.7 Å². The van der Waals surface area contributed by atoms with Crippen molar-refractivity contribution in [1.29, 1.82) is 0 Å². The first-order chi connectivity index (χ1) is 14.5. The highest BCUT2D eigenvalue weighted by Gasteiger charge is 2.15. The van der Waals surface area contributed by atoms with E-state index in [1.807, 2.05) is 24.3 Å². The molecule has 0 radical (unpaired) electrons. The molecule has 0 heterocycles. The number of aromatic hydroxyl groups is 1. The molecule has 1 unspecified atom stereocenters. The fourth-order valence-corrected chi connectivity index (χ4v) is 2.96. The molecule has 7 nitrogen and oxygen atoms in total. The van der Waals surface area contributed by atoms with Crippen molar-refractivity contribution in [2.75, 3.05) is 7.11 Å². The average Bonchev–Trinajstić information content (AvgIpc) is 2.75. The second-order valence-corrected chi connectivity index (χ2v) is 6.77. The number of phenols is 1. The van der Waals surface area contributed by atoms with E-state index in [4.69, 9.17) is 4.74 Å². The van der Waals surface area contributed by atoms with Crippen LogP contribution in [0.25, 0.3) is 10.8 Å². The van der Waals surface area contributed by atoms with Crippen molar-refractivity contribution in [3.05, 3.63) is 71.8 Å². The monoisotopic (exact) mass is 405 g/mol. The summed E-state index contributed by atoms with van der Waals surface area (Å²) in [6.45, 7) is 1.58. The lowest BCUT2D eigenvalue weighted by Crippen LogP contribution is -2.43. The summed E-state index contributed by atoms with van der Waals surface area (Å²) in [6, 6.07) is 17.3. The van der Waals surface area contributed by atoms with E-state index in [0.29, 0.717) is 11.3 Å². The normalized spacial score (nSPS) is 11.9. The lowest BCUT2D eigenvalue weighted by atomic mass is 10.0. The quantitative estimate of drug-likeness (QED) is 0.416. The smallest absolute Gasteiger partial charge is 0.262 e. The van der Waals surface area contributed by atoms with Crippen molar-refractivity contribution >= 4 is 28.8 Å². The molecule has 1 atom stereocenters. The highest BCUT2D eigenvalue weighted by Crippen LogP contribution is 2.25. The molecule has 0 aliphatic rings. The first-order valence-electron chi connectivity index (χ1n) is 9.44. The van der Waals surface area contributed by atoms with Gasteiger partial charge in [-0.25, -0.2) is 5.43 Å². The number of ether oxygens (including phenoxy) is 1. The zero-order valence-electron chi connectivity index (χ0n) is 16.8. The van der Waals surface area contributed by atoms with Crippen molar-refractivity contribution in [3.63, 3.8) is 0 Å². The average molecular weight is 405 g/mol. The number of nitrogens with one attached hydrogen (secondary N) is 2. The van der Waals surface area contributed by atoms with Crippen LogP contribution >= 0.6 is 0 Å². The molecule has 0 saturated carbocycles. The summed E-state index contributed by atoms with van der Waals surface area (Å²) in [4.78, 5) is 24.4. The Morgan fingerprint density at radius 2 is 1.83 bits per heavy atom. The first kappa shape index (κ1) is 20.9. The first-order valence-corrected chi connectivity index (χ1v) is 9.44. The molecule has 3 aromatic carbocycles. The van der Waals surface area contributed by atoms with Gasteiger partial charge in [-0.3, -0.25) is 9.59 Å². The number of carbonyl (C=O) groups excluding carboxylic acids is 2. The molecule has 0 spiro atoms. The van der Waals surface area contributed by atoms with Gasteiger partial charge in [-0.1, -0.05) is 42.5 Å². The number of carbonyl (C=O) groups is 2. The standard InChI is InChI=1S/C23H23N3O4/c1-15(25-22(28)13-16-7-10-18(30-2)11-8-16)23(29)26-24-14-20-19-6-4-3-5-17(19)9-12-21(20)27/h3-12,14-15,27H,13H2,1-2H3,(H,25,28)(H,26,29). The second kappa shape index (κ2) is 9.56. The van der Waals surface area contributed by atoms with Gasteiger partial charge < -0.3 is 15.2 Å². The molecule has 0 aliphatic carbocycles.